The minimum absolute atomic E-state index is 0.112. The van der Waals surface area contributed by atoms with E-state index in [-0.39, 0.29) is 23.8 Å². The van der Waals surface area contributed by atoms with Crippen LogP contribution in [0.2, 0.25) is 5.02 Å². The number of carbonyl (C=O) groups excluding carboxylic acids is 2. The van der Waals surface area contributed by atoms with Gasteiger partial charge in [-0.1, -0.05) is 32.4 Å². The highest BCUT2D eigenvalue weighted by atomic mass is 35.5. The number of aromatic nitrogens is 2. The van der Waals surface area contributed by atoms with Crippen LogP contribution in [0.4, 0.5) is 5.69 Å². The van der Waals surface area contributed by atoms with Gasteiger partial charge >= 0.3 is 0 Å². The number of fused-ring (bicyclic) bond motifs is 1. The Hall–Kier alpha value is -2.99. The monoisotopic (exact) mass is 397 g/mol. The summed E-state index contributed by atoms with van der Waals surface area (Å²) >= 11 is 5.95. The van der Waals surface area contributed by atoms with E-state index in [1.807, 2.05) is 20.8 Å². The van der Waals surface area contributed by atoms with Crippen LogP contribution in [0, 0.1) is 5.41 Å². The van der Waals surface area contributed by atoms with E-state index in [4.69, 9.17) is 11.6 Å². The Kier molecular flexibility index (Phi) is 5.34. The molecule has 0 aliphatic heterocycles. The molecule has 0 unspecified atom stereocenters. The number of hydrogen-bond donors (Lipinski definition) is 1. The van der Waals surface area contributed by atoms with E-state index in [9.17, 15) is 14.4 Å². The SMILES string of the molecule is CC(C)(C)C(=O)Nc1ccc(C(=O)Cn2cnc3ccc(Cl)cc3c2=O)cc1. The van der Waals surface area contributed by atoms with Crippen molar-refractivity contribution in [1.82, 2.24) is 9.55 Å². The molecular weight excluding hydrogens is 378 g/mol. The molecule has 2 aromatic carbocycles. The third-order valence-corrected chi connectivity index (χ3v) is 4.48. The molecule has 0 aliphatic carbocycles. The maximum absolute atomic E-state index is 12.6. The van der Waals surface area contributed by atoms with Crippen molar-refractivity contribution in [2.75, 3.05) is 5.32 Å². The van der Waals surface area contributed by atoms with E-state index in [0.29, 0.717) is 27.2 Å². The van der Waals surface area contributed by atoms with Gasteiger partial charge in [0.15, 0.2) is 5.78 Å². The summed E-state index contributed by atoms with van der Waals surface area (Å²) in [4.78, 5) is 41.4. The van der Waals surface area contributed by atoms with Gasteiger partial charge in [-0.25, -0.2) is 4.98 Å². The smallest absolute Gasteiger partial charge is 0.261 e. The zero-order chi connectivity index (χ0) is 20.5. The number of rotatable bonds is 4. The standard InChI is InChI=1S/C21H20ClN3O3/c1-21(2,3)20(28)24-15-7-4-13(5-8-15)18(26)11-25-12-23-17-9-6-14(22)10-16(17)19(25)27/h4-10,12H,11H2,1-3H3,(H,24,28). The second-order valence-electron chi connectivity index (χ2n) is 7.54. The molecular formula is C21H20ClN3O3. The number of halogens is 1. The number of ketones is 1. The lowest BCUT2D eigenvalue weighted by molar-refractivity contribution is -0.123. The molecule has 3 rings (SSSR count). The number of nitrogens with zero attached hydrogens (tertiary/aromatic N) is 2. The van der Waals surface area contributed by atoms with Gasteiger partial charge in [-0.2, -0.15) is 0 Å². The van der Waals surface area contributed by atoms with Crippen LogP contribution in [0.15, 0.2) is 53.6 Å². The second-order valence-corrected chi connectivity index (χ2v) is 7.98. The third-order valence-electron chi connectivity index (χ3n) is 4.25. The summed E-state index contributed by atoms with van der Waals surface area (Å²) in [6.07, 6.45) is 1.36. The first-order chi connectivity index (χ1) is 13.1. The Labute approximate surface area is 167 Å². The van der Waals surface area contributed by atoms with Crippen LogP contribution in [-0.4, -0.2) is 21.2 Å². The molecule has 0 bridgehead atoms. The Balaban J connectivity index is 1.78. The number of anilines is 1. The van der Waals surface area contributed by atoms with Crippen molar-refractivity contribution in [2.45, 2.75) is 27.3 Å². The molecule has 6 nitrogen and oxygen atoms in total. The van der Waals surface area contributed by atoms with Gasteiger partial charge in [-0.3, -0.25) is 19.0 Å². The quantitative estimate of drug-likeness (QED) is 0.676. The van der Waals surface area contributed by atoms with Crippen molar-refractivity contribution in [2.24, 2.45) is 5.41 Å². The fourth-order valence-electron chi connectivity index (χ4n) is 2.55. The van der Waals surface area contributed by atoms with Crippen LogP contribution in [0.1, 0.15) is 31.1 Å². The van der Waals surface area contributed by atoms with Crippen molar-refractivity contribution < 1.29 is 9.59 Å². The van der Waals surface area contributed by atoms with E-state index in [1.165, 1.54) is 10.9 Å². The topological polar surface area (TPSA) is 81.1 Å². The van der Waals surface area contributed by atoms with Gasteiger partial charge in [0.25, 0.3) is 5.56 Å². The van der Waals surface area contributed by atoms with Gasteiger partial charge in [-0.15, -0.1) is 0 Å². The normalized spacial score (nSPS) is 11.4. The predicted octanol–water partition coefficient (Wildman–Crippen LogP) is 3.92. The lowest BCUT2D eigenvalue weighted by atomic mass is 9.95. The molecule has 0 radical (unpaired) electrons. The maximum Gasteiger partial charge on any atom is 0.261 e. The zero-order valence-electron chi connectivity index (χ0n) is 15.8. The Morgan fingerprint density at radius 3 is 2.43 bits per heavy atom. The van der Waals surface area contributed by atoms with Crippen molar-refractivity contribution in [3.63, 3.8) is 0 Å². The van der Waals surface area contributed by atoms with E-state index in [0.717, 1.165) is 0 Å². The summed E-state index contributed by atoms with van der Waals surface area (Å²) in [7, 11) is 0. The molecule has 1 N–H and O–H groups in total. The first-order valence-electron chi connectivity index (χ1n) is 8.74. The van der Waals surface area contributed by atoms with Crippen molar-refractivity contribution >= 4 is 39.9 Å². The summed E-state index contributed by atoms with van der Waals surface area (Å²) in [5.41, 5.74) is 0.733. The molecule has 1 heterocycles. The molecule has 7 heteroatoms. The zero-order valence-corrected chi connectivity index (χ0v) is 16.6. The van der Waals surface area contributed by atoms with Crippen molar-refractivity contribution in [1.29, 1.82) is 0 Å². The molecule has 0 saturated heterocycles. The highest BCUT2D eigenvalue weighted by molar-refractivity contribution is 6.31. The summed E-state index contributed by atoms with van der Waals surface area (Å²) < 4.78 is 1.26. The molecule has 1 aromatic heterocycles. The lowest BCUT2D eigenvalue weighted by Gasteiger charge is -2.17. The Morgan fingerprint density at radius 2 is 1.79 bits per heavy atom. The van der Waals surface area contributed by atoms with Crippen molar-refractivity contribution in [3.05, 3.63) is 69.7 Å². The second kappa shape index (κ2) is 7.56. The van der Waals surface area contributed by atoms with E-state index >= 15 is 0 Å². The van der Waals surface area contributed by atoms with Gasteiger partial charge in [0.05, 0.1) is 23.8 Å². The van der Waals surface area contributed by atoms with Crippen LogP contribution >= 0.6 is 11.6 Å². The Bertz CT molecular complexity index is 1110. The molecule has 144 valence electrons. The number of carbonyl (C=O) groups is 2. The number of nitrogens with one attached hydrogen (secondary N) is 1. The van der Waals surface area contributed by atoms with Crippen LogP contribution in [-0.2, 0) is 11.3 Å². The molecule has 0 atom stereocenters. The Morgan fingerprint density at radius 1 is 1.11 bits per heavy atom. The van der Waals surface area contributed by atoms with Gasteiger partial charge < -0.3 is 5.32 Å². The summed E-state index contributed by atoms with van der Waals surface area (Å²) in [5.74, 6) is -0.349. The summed E-state index contributed by atoms with van der Waals surface area (Å²) in [6.45, 7) is 5.33. The highest BCUT2D eigenvalue weighted by Gasteiger charge is 2.21. The maximum atomic E-state index is 12.6. The average Bonchev–Trinajstić information content (AvgIpc) is 2.64. The van der Waals surface area contributed by atoms with Gasteiger partial charge in [0, 0.05) is 21.7 Å². The number of Topliss-reactive ketones (excluding diaryl/α,β-unsaturated/α-hetero) is 1. The molecule has 1 amide bonds. The van der Waals surface area contributed by atoms with Crippen LogP contribution in [0.5, 0.6) is 0 Å². The lowest BCUT2D eigenvalue weighted by Crippen LogP contribution is -2.27. The third kappa shape index (κ3) is 4.28. The molecule has 0 fully saturated rings. The fourth-order valence-corrected chi connectivity index (χ4v) is 2.72. The van der Waals surface area contributed by atoms with E-state index < -0.39 is 5.41 Å². The largest absolute Gasteiger partial charge is 0.326 e. The first kappa shape index (κ1) is 19.8. The fraction of sp³-hybridized carbons (Fsp3) is 0.238. The molecule has 3 aromatic rings. The van der Waals surface area contributed by atoms with E-state index in [1.54, 1.807) is 42.5 Å². The predicted molar refractivity (Wildman–Crippen MR) is 110 cm³/mol. The summed E-state index contributed by atoms with van der Waals surface area (Å²) in [5, 5.41) is 3.60. The highest BCUT2D eigenvalue weighted by Crippen LogP contribution is 2.18. The van der Waals surface area contributed by atoms with Gasteiger partial charge in [0.2, 0.25) is 5.91 Å². The summed E-state index contributed by atoms with van der Waals surface area (Å²) in [6, 6.07) is 11.4. The van der Waals surface area contributed by atoms with Gasteiger partial charge in [0.1, 0.15) is 0 Å². The van der Waals surface area contributed by atoms with E-state index in [2.05, 4.69) is 10.3 Å². The number of benzene rings is 2. The average molecular weight is 398 g/mol. The van der Waals surface area contributed by atoms with Crippen molar-refractivity contribution in [3.8, 4) is 0 Å². The van der Waals surface area contributed by atoms with Crippen LogP contribution in [0.3, 0.4) is 0 Å². The van der Waals surface area contributed by atoms with Gasteiger partial charge in [-0.05, 0) is 42.5 Å². The minimum Gasteiger partial charge on any atom is -0.326 e. The number of hydrogen-bond acceptors (Lipinski definition) is 4. The molecule has 28 heavy (non-hydrogen) atoms. The molecule has 0 saturated carbocycles. The van der Waals surface area contributed by atoms with Crippen LogP contribution < -0.4 is 10.9 Å². The molecule has 0 aliphatic rings. The van der Waals surface area contributed by atoms with Crippen LogP contribution in [0.25, 0.3) is 10.9 Å². The molecule has 0 spiro atoms. The number of amides is 1. The minimum atomic E-state index is -0.512. The first-order valence-corrected chi connectivity index (χ1v) is 9.12.